The average Bonchev–Trinajstić information content (AvgIpc) is 3.03. The first-order chi connectivity index (χ1) is 11.8. The molecular formula is C19H15N3OS. The molecule has 0 unspecified atom stereocenters. The molecule has 0 aliphatic heterocycles. The van der Waals surface area contributed by atoms with Gasteiger partial charge in [0.1, 0.15) is 0 Å². The van der Waals surface area contributed by atoms with Crippen LogP contribution in [0.4, 0.5) is 5.69 Å². The highest BCUT2D eigenvalue weighted by molar-refractivity contribution is 7.99. The lowest BCUT2D eigenvalue weighted by molar-refractivity contribution is -0.113. The third-order valence-electron chi connectivity index (χ3n) is 3.77. The van der Waals surface area contributed by atoms with E-state index in [2.05, 4.69) is 15.3 Å². The van der Waals surface area contributed by atoms with Gasteiger partial charge in [0.15, 0.2) is 5.16 Å². The molecule has 118 valence electrons. The second-order valence-corrected chi connectivity index (χ2v) is 6.39. The Bertz CT molecular complexity index is 987. The van der Waals surface area contributed by atoms with Gasteiger partial charge in [-0.2, -0.15) is 0 Å². The molecule has 0 radical (unpaired) electrons. The van der Waals surface area contributed by atoms with E-state index in [1.807, 2.05) is 66.7 Å². The minimum atomic E-state index is -0.0446. The molecule has 4 aromatic rings. The highest BCUT2D eigenvalue weighted by Gasteiger charge is 2.08. The zero-order valence-corrected chi connectivity index (χ0v) is 13.6. The number of carbonyl (C=O) groups excluding carboxylic acids is 1. The van der Waals surface area contributed by atoms with Crippen molar-refractivity contribution in [1.29, 1.82) is 0 Å². The summed E-state index contributed by atoms with van der Waals surface area (Å²) in [5.41, 5.74) is 2.73. The van der Waals surface area contributed by atoms with Crippen LogP contribution in [0.3, 0.4) is 0 Å². The lowest BCUT2D eigenvalue weighted by atomic mass is 10.1. The number of para-hydroxylation sites is 2. The van der Waals surface area contributed by atoms with Crippen molar-refractivity contribution in [3.8, 4) is 0 Å². The van der Waals surface area contributed by atoms with Crippen LogP contribution >= 0.6 is 11.8 Å². The van der Waals surface area contributed by atoms with Crippen molar-refractivity contribution in [2.75, 3.05) is 11.1 Å². The fraction of sp³-hybridized carbons (Fsp3) is 0.0526. The van der Waals surface area contributed by atoms with Crippen LogP contribution in [0.5, 0.6) is 0 Å². The van der Waals surface area contributed by atoms with Gasteiger partial charge in [0, 0.05) is 11.1 Å². The van der Waals surface area contributed by atoms with E-state index in [0.29, 0.717) is 5.75 Å². The number of anilines is 1. The molecule has 0 spiro atoms. The zero-order valence-electron chi connectivity index (χ0n) is 12.8. The number of nitrogens with zero attached hydrogens (tertiary/aromatic N) is 1. The number of nitrogens with one attached hydrogen (secondary N) is 2. The molecule has 0 aliphatic rings. The summed E-state index contributed by atoms with van der Waals surface area (Å²) in [6.07, 6.45) is 0. The maximum atomic E-state index is 12.3. The van der Waals surface area contributed by atoms with Crippen LogP contribution in [0.2, 0.25) is 0 Å². The molecule has 0 aliphatic carbocycles. The van der Waals surface area contributed by atoms with Crippen molar-refractivity contribution in [1.82, 2.24) is 9.97 Å². The van der Waals surface area contributed by atoms with Gasteiger partial charge in [0.05, 0.1) is 16.8 Å². The number of amides is 1. The predicted octanol–water partition coefficient (Wildman–Crippen LogP) is 4.45. The Balaban J connectivity index is 1.46. The van der Waals surface area contributed by atoms with Gasteiger partial charge in [-0.25, -0.2) is 4.98 Å². The van der Waals surface area contributed by atoms with Crippen LogP contribution in [-0.4, -0.2) is 21.6 Å². The molecule has 4 nitrogen and oxygen atoms in total. The molecule has 24 heavy (non-hydrogen) atoms. The molecule has 0 bridgehead atoms. The van der Waals surface area contributed by atoms with Gasteiger partial charge in [-0.3, -0.25) is 4.79 Å². The maximum Gasteiger partial charge on any atom is 0.234 e. The zero-order chi connectivity index (χ0) is 16.4. The van der Waals surface area contributed by atoms with Gasteiger partial charge < -0.3 is 10.3 Å². The lowest BCUT2D eigenvalue weighted by Crippen LogP contribution is -2.14. The quantitative estimate of drug-likeness (QED) is 0.543. The summed E-state index contributed by atoms with van der Waals surface area (Å²) < 4.78 is 0. The van der Waals surface area contributed by atoms with Crippen molar-refractivity contribution in [2.24, 2.45) is 0 Å². The number of benzene rings is 3. The summed E-state index contributed by atoms with van der Waals surface area (Å²) in [7, 11) is 0. The average molecular weight is 333 g/mol. The van der Waals surface area contributed by atoms with Crippen molar-refractivity contribution in [2.45, 2.75) is 5.16 Å². The van der Waals surface area contributed by atoms with Crippen LogP contribution in [0, 0.1) is 0 Å². The third-order valence-corrected chi connectivity index (χ3v) is 4.64. The molecule has 5 heteroatoms. The number of aromatic amines is 1. The number of carbonyl (C=O) groups is 1. The largest absolute Gasteiger partial charge is 0.333 e. The summed E-state index contributed by atoms with van der Waals surface area (Å²) >= 11 is 1.40. The molecule has 1 aromatic heterocycles. The summed E-state index contributed by atoms with van der Waals surface area (Å²) in [5, 5.41) is 5.90. The van der Waals surface area contributed by atoms with Crippen LogP contribution in [0.15, 0.2) is 71.9 Å². The lowest BCUT2D eigenvalue weighted by Gasteiger charge is -2.08. The third kappa shape index (κ3) is 2.98. The fourth-order valence-corrected chi connectivity index (χ4v) is 3.34. The minimum absolute atomic E-state index is 0.0446. The number of H-pyrrole nitrogens is 1. The molecule has 0 saturated heterocycles. The van der Waals surface area contributed by atoms with E-state index < -0.39 is 0 Å². The summed E-state index contributed by atoms with van der Waals surface area (Å²) in [6, 6.07) is 21.8. The highest BCUT2D eigenvalue weighted by atomic mass is 32.2. The Morgan fingerprint density at radius 1 is 1.00 bits per heavy atom. The highest BCUT2D eigenvalue weighted by Crippen LogP contribution is 2.24. The Kier molecular flexibility index (Phi) is 3.92. The number of aromatic nitrogens is 2. The van der Waals surface area contributed by atoms with E-state index >= 15 is 0 Å². The van der Waals surface area contributed by atoms with Gasteiger partial charge >= 0.3 is 0 Å². The molecule has 0 fully saturated rings. The molecule has 1 heterocycles. The summed E-state index contributed by atoms with van der Waals surface area (Å²) in [5.74, 6) is 0.264. The second-order valence-electron chi connectivity index (χ2n) is 5.42. The van der Waals surface area contributed by atoms with Gasteiger partial charge in [-0.15, -0.1) is 0 Å². The van der Waals surface area contributed by atoms with E-state index in [4.69, 9.17) is 0 Å². The van der Waals surface area contributed by atoms with Crippen LogP contribution in [0.25, 0.3) is 21.8 Å². The Hall–Kier alpha value is -2.79. The van der Waals surface area contributed by atoms with E-state index in [1.54, 1.807) is 0 Å². The first-order valence-corrected chi connectivity index (χ1v) is 8.63. The van der Waals surface area contributed by atoms with E-state index in [9.17, 15) is 4.79 Å². The van der Waals surface area contributed by atoms with Crippen molar-refractivity contribution >= 4 is 45.2 Å². The minimum Gasteiger partial charge on any atom is -0.333 e. The fourth-order valence-electron chi connectivity index (χ4n) is 2.65. The molecule has 2 N–H and O–H groups in total. The topological polar surface area (TPSA) is 57.8 Å². The first kappa shape index (κ1) is 14.8. The van der Waals surface area contributed by atoms with Gasteiger partial charge in [0.2, 0.25) is 5.91 Å². The second kappa shape index (κ2) is 6.37. The Labute approximate surface area is 143 Å². The Morgan fingerprint density at radius 2 is 1.79 bits per heavy atom. The molecule has 0 atom stereocenters. The Morgan fingerprint density at radius 3 is 2.71 bits per heavy atom. The van der Waals surface area contributed by atoms with Gasteiger partial charge in [0.25, 0.3) is 0 Å². The first-order valence-electron chi connectivity index (χ1n) is 7.65. The van der Waals surface area contributed by atoms with Crippen LogP contribution < -0.4 is 5.32 Å². The van der Waals surface area contributed by atoms with Crippen molar-refractivity contribution in [3.05, 3.63) is 66.7 Å². The summed E-state index contributed by atoms with van der Waals surface area (Å²) in [4.78, 5) is 20.0. The molecule has 4 rings (SSSR count). The molecule has 0 saturated carbocycles. The van der Waals surface area contributed by atoms with Gasteiger partial charge in [-0.05, 0) is 23.6 Å². The number of hydrogen-bond donors (Lipinski definition) is 2. The molecular weight excluding hydrogens is 318 g/mol. The predicted molar refractivity (Wildman–Crippen MR) is 99.4 cm³/mol. The van der Waals surface area contributed by atoms with E-state index in [-0.39, 0.29) is 5.91 Å². The summed E-state index contributed by atoms with van der Waals surface area (Å²) in [6.45, 7) is 0. The normalized spacial score (nSPS) is 11.0. The van der Waals surface area contributed by atoms with Crippen LogP contribution in [0.1, 0.15) is 0 Å². The number of imidazole rings is 1. The number of rotatable bonds is 4. The molecule has 1 amide bonds. The number of fused-ring (bicyclic) bond motifs is 2. The SMILES string of the molecule is O=C(CSc1nc2ccccc2[nH]1)Nc1cccc2ccccc12. The number of hydrogen-bond acceptors (Lipinski definition) is 3. The van der Waals surface area contributed by atoms with Crippen LogP contribution in [-0.2, 0) is 4.79 Å². The standard InChI is InChI=1S/C19H15N3OS/c23-18(12-24-19-21-16-9-3-4-10-17(16)22-19)20-15-11-5-7-13-6-1-2-8-14(13)15/h1-11H,12H2,(H,20,23)(H,21,22). The smallest absolute Gasteiger partial charge is 0.234 e. The van der Waals surface area contributed by atoms with Crippen molar-refractivity contribution < 1.29 is 4.79 Å². The maximum absolute atomic E-state index is 12.3. The van der Waals surface area contributed by atoms with Gasteiger partial charge in [-0.1, -0.05) is 60.3 Å². The van der Waals surface area contributed by atoms with Crippen molar-refractivity contribution in [3.63, 3.8) is 0 Å². The van der Waals surface area contributed by atoms with E-state index in [1.165, 1.54) is 11.8 Å². The number of thioether (sulfide) groups is 1. The van der Waals surface area contributed by atoms with E-state index in [0.717, 1.165) is 32.6 Å². The monoisotopic (exact) mass is 333 g/mol. The molecule has 3 aromatic carbocycles.